The highest BCUT2D eigenvalue weighted by Gasteiger charge is 2.46. The number of unbranched alkanes of at least 4 members (excludes halogenated alkanes) is 2. The van der Waals surface area contributed by atoms with Crippen molar-refractivity contribution < 1.29 is 76.0 Å². The van der Waals surface area contributed by atoms with Gasteiger partial charge in [-0.15, -0.1) is 6.42 Å². The number of ether oxygens (including phenoxy) is 3. The van der Waals surface area contributed by atoms with Crippen LogP contribution in [0.3, 0.4) is 0 Å². The Morgan fingerprint density at radius 1 is 0.767 bits per heavy atom. The average Bonchev–Trinajstić information content (AvgIpc) is 1.73. The molecule has 0 bridgehead atoms. The van der Waals surface area contributed by atoms with Gasteiger partial charge in [0, 0.05) is 96.4 Å². The smallest absolute Gasteiger partial charge is 0.317 e. The molecule has 3 fully saturated rings. The van der Waals surface area contributed by atoms with Crippen LogP contribution in [0.2, 0.25) is 0 Å². The monoisotopic (exact) mass is 1260 g/mol. The Kier molecular flexibility index (Phi) is 29.2. The van der Waals surface area contributed by atoms with Gasteiger partial charge in [-0.3, -0.25) is 77.8 Å². The summed E-state index contributed by atoms with van der Waals surface area (Å²) in [5, 5.41) is 20.8. The molecule has 3 aliphatic heterocycles. The zero-order valence-electron chi connectivity index (χ0n) is 51.2. The summed E-state index contributed by atoms with van der Waals surface area (Å²) >= 11 is 0. The standard InChI is InChI=1S/C63H85F2N11O14/c1-3-49-37-63(64,65)41-76(49)59(83)38-68-61(86)51-19-23-66-53-18-17-50(35-52(51)53)90-34-8-10-48-20-24-75(25-21-48)58(82)36-56(80)70-62(87)54(11-5-4-6-22-67-55(79)12-7-9-47-15-13-46(2)14-16-47)69-57(81)39-71-26-27-72(40-60(84)85)29-31-74(43-89-45-78)33-32-73(30-28-71)42-88-44-77/h1,13-19,23,35,44-45,48-49,54H,4-12,20-22,24-34,36-43H2,2H3,(H,67,79)(H,68,86)(H,69,81)(H,84,85)(H,70,80,87)/t49-,54-/m0/s1. The molecule has 1 aromatic heterocycles. The SMILES string of the molecule is C#C[C@H]1CC(F)(F)CN1C(=O)CNC(=O)c1ccnc2ccc(OCCCC3CCN(C(=O)CC(=O)NC(=O)[C@H](CCCCCNC(=O)CCCc4ccc(C)cc4)NC(=O)CN4CCN(COC=O)CCN(COC=O)CCN(CC(=O)O)CC4)CC3)cc12. The van der Waals surface area contributed by atoms with E-state index in [0.717, 1.165) is 28.9 Å². The fourth-order valence-corrected chi connectivity index (χ4v) is 11.0. The number of likely N-dealkylation sites (tertiary alicyclic amines) is 2. The molecule has 6 rings (SSSR count). The molecular weight excluding hydrogens is 1170 g/mol. The predicted octanol–water partition coefficient (Wildman–Crippen LogP) is 2.32. The minimum Gasteiger partial charge on any atom is -0.494 e. The second-order valence-corrected chi connectivity index (χ2v) is 23.0. The molecule has 3 aliphatic rings. The average molecular weight is 1260 g/mol. The lowest BCUT2D eigenvalue weighted by atomic mass is 9.92. The molecule has 90 heavy (non-hydrogen) atoms. The van der Waals surface area contributed by atoms with Crippen molar-refractivity contribution in [2.45, 2.75) is 108 Å². The molecule has 0 aliphatic carbocycles. The normalized spacial score (nSPS) is 17.6. The molecular formula is C63H85F2N11O14. The Bertz CT molecular complexity index is 2940. The molecule has 0 radical (unpaired) electrons. The number of rotatable bonds is 32. The summed E-state index contributed by atoms with van der Waals surface area (Å²) in [6.07, 6.45) is 11.9. The Hall–Kier alpha value is -8.19. The van der Waals surface area contributed by atoms with Gasteiger partial charge in [0.1, 0.15) is 31.7 Å². The number of aryl methyl sites for hydroxylation is 2. The van der Waals surface area contributed by atoms with Crippen molar-refractivity contribution in [2.24, 2.45) is 5.92 Å². The van der Waals surface area contributed by atoms with E-state index in [1.165, 1.54) is 12.3 Å². The van der Waals surface area contributed by atoms with Gasteiger partial charge in [0.05, 0.1) is 49.9 Å². The molecule has 4 heterocycles. The molecule has 7 amide bonds. The van der Waals surface area contributed by atoms with E-state index in [4.69, 9.17) is 20.6 Å². The van der Waals surface area contributed by atoms with Crippen LogP contribution in [0.1, 0.15) is 98.5 Å². The molecule has 3 saturated heterocycles. The fourth-order valence-electron chi connectivity index (χ4n) is 11.0. The number of carbonyl (C=O) groups is 10. The summed E-state index contributed by atoms with van der Waals surface area (Å²) in [5.74, 6) is -5.25. The maximum atomic E-state index is 14.0. The number of imide groups is 1. The fraction of sp³-hybridized carbons (Fsp3) is 0.571. The van der Waals surface area contributed by atoms with Gasteiger partial charge in [-0.05, 0) is 94.0 Å². The van der Waals surface area contributed by atoms with Crippen molar-refractivity contribution in [2.75, 3.05) is 118 Å². The number of pyridine rings is 1. The molecule has 27 heteroatoms. The largest absolute Gasteiger partial charge is 0.494 e. The van der Waals surface area contributed by atoms with E-state index >= 15 is 0 Å². The molecule has 0 saturated carbocycles. The van der Waals surface area contributed by atoms with Gasteiger partial charge < -0.3 is 45.1 Å². The lowest BCUT2D eigenvalue weighted by Crippen LogP contribution is -2.53. The van der Waals surface area contributed by atoms with E-state index in [9.17, 15) is 61.8 Å². The number of terminal acetylenes is 1. The number of alkyl halides is 2. The van der Waals surface area contributed by atoms with Crippen LogP contribution in [0, 0.1) is 25.2 Å². The van der Waals surface area contributed by atoms with Crippen LogP contribution in [-0.2, 0) is 59.0 Å². The van der Waals surface area contributed by atoms with Crippen LogP contribution in [0.25, 0.3) is 10.9 Å². The summed E-state index contributed by atoms with van der Waals surface area (Å²) in [4.78, 5) is 141. The number of fused-ring (bicyclic) bond motifs is 1. The number of aromatic nitrogens is 1. The number of benzene rings is 2. The lowest BCUT2D eigenvalue weighted by Gasteiger charge is -2.33. The van der Waals surface area contributed by atoms with Crippen molar-refractivity contribution in [3.8, 4) is 18.1 Å². The third-order valence-electron chi connectivity index (χ3n) is 16.1. The number of carbonyl (C=O) groups excluding carboxylic acids is 9. The quantitative estimate of drug-likeness (QED) is 0.0259. The van der Waals surface area contributed by atoms with Crippen molar-refractivity contribution in [3.05, 3.63) is 71.4 Å². The van der Waals surface area contributed by atoms with E-state index in [0.29, 0.717) is 133 Å². The minimum atomic E-state index is -3.11. The number of carboxylic acid groups (broad SMARTS) is 1. The molecule has 25 nitrogen and oxygen atoms in total. The van der Waals surface area contributed by atoms with Gasteiger partial charge in [0.25, 0.3) is 24.8 Å². The van der Waals surface area contributed by atoms with Gasteiger partial charge in [-0.2, -0.15) is 0 Å². The second-order valence-electron chi connectivity index (χ2n) is 23.0. The minimum absolute atomic E-state index is 0.0324. The van der Waals surface area contributed by atoms with E-state index in [1.807, 2.05) is 28.9 Å². The maximum Gasteiger partial charge on any atom is 0.317 e. The number of piperidine rings is 1. The molecule has 0 spiro atoms. The number of halogens is 2. The Morgan fingerprint density at radius 2 is 1.42 bits per heavy atom. The molecule has 0 unspecified atom stereocenters. The first-order valence-corrected chi connectivity index (χ1v) is 30.7. The number of hydrogen-bond acceptors (Lipinski definition) is 18. The highest BCUT2D eigenvalue weighted by atomic mass is 19.3. The van der Waals surface area contributed by atoms with Gasteiger partial charge in [-0.1, -0.05) is 48.6 Å². The molecule has 5 N–H and O–H groups in total. The maximum absolute atomic E-state index is 14.0. The highest BCUT2D eigenvalue weighted by Crippen LogP contribution is 2.32. The van der Waals surface area contributed by atoms with Gasteiger partial charge >= 0.3 is 5.97 Å². The van der Waals surface area contributed by atoms with E-state index < -0.39 is 85.3 Å². The predicted molar refractivity (Wildman–Crippen MR) is 325 cm³/mol. The topological polar surface area (TPSA) is 299 Å². The highest BCUT2D eigenvalue weighted by molar-refractivity contribution is 6.07. The van der Waals surface area contributed by atoms with Gasteiger partial charge in [0.15, 0.2) is 0 Å². The second kappa shape index (κ2) is 37.1. The Morgan fingerprint density at radius 3 is 2.07 bits per heavy atom. The van der Waals surface area contributed by atoms with Crippen LogP contribution < -0.4 is 26.0 Å². The van der Waals surface area contributed by atoms with Crippen LogP contribution in [0.4, 0.5) is 8.78 Å². The zero-order valence-corrected chi connectivity index (χ0v) is 51.2. The molecule has 2 aromatic carbocycles. The summed E-state index contributed by atoms with van der Waals surface area (Å²) < 4.78 is 44.1. The first-order valence-electron chi connectivity index (χ1n) is 30.7. The number of nitrogens with zero attached hydrogens (tertiary/aromatic N) is 7. The Labute approximate surface area is 523 Å². The molecule has 2 atom stereocenters. The molecule has 3 aromatic rings. The van der Waals surface area contributed by atoms with Gasteiger partial charge in [-0.25, -0.2) is 8.78 Å². The number of nitrogens with one attached hydrogen (secondary N) is 4. The number of aliphatic carboxylic acids is 1. The summed E-state index contributed by atoms with van der Waals surface area (Å²) in [5.41, 5.74) is 3.03. The molecule has 490 valence electrons. The van der Waals surface area contributed by atoms with Crippen LogP contribution >= 0.6 is 0 Å². The summed E-state index contributed by atoms with van der Waals surface area (Å²) in [6, 6.07) is 12.5. The van der Waals surface area contributed by atoms with Crippen LogP contribution in [0.15, 0.2) is 54.7 Å². The van der Waals surface area contributed by atoms with Crippen molar-refractivity contribution in [3.63, 3.8) is 0 Å². The van der Waals surface area contributed by atoms with Crippen molar-refractivity contribution >= 4 is 71.2 Å². The van der Waals surface area contributed by atoms with Crippen LogP contribution in [-0.4, -0.2) is 236 Å². The van der Waals surface area contributed by atoms with Crippen molar-refractivity contribution in [1.29, 1.82) is 0 Å². The lowest BCUT2D eigenvalue weighted by molar-refractivity contribution is -0.140. The number of hydrogen-bond donors (Lipinski definition) is 5. The first-order chi connectivity index (χ1) is 43.3. The first kappa shape index (κ1) is 70.9. The van der Waals surface area contributed by atoms with E-state index in [-0.39, 0.29) is 76.5 Å². The third-order valence-corrected chi connectivity index (χ3v) is 16.1. The van der Waals surface area contributed by atoms with Gasteiger partial charge in [0.2, 0.25) is 35.4 Å². The van der Waals surface area contributed by atoms with E-state index in [1.54, 1.807) is 32.9 Å². The number of carboxylic acids is 1. The summed E-state index contributed by atoms with van der Waals surface area (Å²) in [7, 11) is 0. The summed E-state index contributed by atoms with van der Waals surface area (Å²) in [6.45, 7) is 4.64. The zero-order chi connectivity index (χ0) is 64.8. The van der Waals surface area contributed by atoms with E-state index in [2.05, 4.69) is 44.3 Å². The van der Waals surface area contributed by atoms with Crippen molar-refractivity contribution in [1.82, 2.24) is 55.7 Å². The third kappa shape index (κ3) is 24.6. The van der Waals surface area contributed by atoms with Crippen LogP contribution in [0.5, 0.6) is 5.75 Å². The number of amides is 7. The Balaban J connectivity index is 0.977.